The molecule has 0 N–H and O–H groups in total. The summed E-state index contributed by atoms with van der Waals surface area (Å²) >= 11 is 0. The minimum atomic E-state index is -0.632. The van der Waals surface area contributed by atoms with Gasteiger partial charge in [0, 0.05) is 17.8 Å². The Balaban J connectivity index is 0.00000188. The molecular weight excluding hydrogens is 546 g/mol. The van der Waals surface area contributed by atoms with Gasteiger partial charge in [0.2, 0.25) is 0 Å². The third-order valence-electron chi connectivity index (χ3n) is 13.3. The van der Waals surface area contributed by atoms with Crippen LogP contribution in [-0.4, -0.2) is 17.5 Å². The smallest absolute Gasteiger partial charge is 0.312 e. The Bertz CT molecular complexity index is 1380. The van der Waals surface area contributed by atoms with Crippen molar-refractivity contribution < 1.29 is 19.1 Å². The number of esters is 1. The SMILES string of the molecule is CC.CC1(C)CCC2(C(=O)OCc3ccccc3)CCC3C(C(=O)CC4C5(C)C=C(C#N)C(=O)C(C)(C)C5CCC34C)C2C1. The fourth-order valence-corrected chi connectivity index (χ4v) is 11.1. The highest BCUT2D eigenvalue weighted by atomic mass is 16.5. The molecule has 5 nitrogen and oxygen atoms in total. The molecule has 0 amide bonds. The molecule has 238 valence electrons. The predicted octanol–water partition coefficient (Wildman–Crippen LogP) is 8.67. The van der Waals surface area contributed by atoms with E-state index < -0.39 is 16.2 Å². The van der Waals surface area contributed by atoms with Crippen LogP contribution in [0.2, 0.25) is 0 Å². The number of carbonyl (C=O) groups is 3. The summed E-state index contributed by atoms with van der Waals surface area (Å²) in [6.45, 7) is 17.4. The highest BCUT2D eigenvalue weighted by molar-refractivity contribution is 6.04. The molecule has 0 radical (unpaired) electrons. The van der Waals surface area contributed by atoms with Crippen LogP contribution in [0.15, 0.2) is 42.0 Å². The van der Waals surface area contributed by atoms with Crippen molar-refractivity contribution in [2.24, 2.45) is 56.7 Å². The summed E-state index contributed by atoms with van der Waals surface area (Å²) in [6.07, 6.45) is 8.51. The molecule has 5 heteroatoms. The highest BCUT2D eigenvalue weighted by Crippen LogP contribution is 2.72. The van der Waals surface area contributed by atoms with E-state index in [1.807, 2.05) is 64.1 Å². The van der Waals surface area contributed by atoms with E-state index in [4.69, 9.17) is 4.74 Å². The van der Waals surface area contributed by atoms with Crippen molar-refractivity contribution in [3.05, 3.63) is 47.5 Å². The lowest BCUT2D eigenvalue weighted by Crippen LogP contribution is -2.65. The zero-order chi connectivity index (χ0) is 32.3. The van der Waals surface area contributed by atoms with Gasteiger partial charge in [0.15, 0.2) is 5.78 Å². The highest BCUT2D eigenvalue weighted by Gasteiger charge is 2.69. The fourth-order valence-electron chi connectivity index (χ4n) is 11.1. The number of rotatable bonds is 3. The van der Waals surface area contributed by atoms with E-state index in [1.165, 1.54) is 0 Å². The van der Waals surface area contributed by atoms with Crippen molar-refractivity contribution in [3.8, 4) is 6.07 Å². The lowest BCUT2D eigenvalue weighted by molar-refractivity contribution is -0.201. The molecule has 1 aromatic carbocycles. The molecule has 0 aromatic heterocycles. The summed E-state index contributed by atoms with van der Waals surface area (Å²) in [5, 5.41) is 9.92. The van der Waals surface area contributed by atoms with Crippen LogP contribution in [0.1, 0.15) is 112 Å². The van der Waals surface area contributed by atoms with Crippen LogP contribution < -0.4 is 0 Å². The Hall–Kier alpha value is -2.74. The van der Waals surface area contributed by atoms with Crippen LogP contribution in [0.5, 0.6) is 0 Å². The van der Waals surface area contributed by atoms with Gasteiger partial charge in [-0.2, -0.15) is 5.26 Å². The number of hydrogen-bond donors (Lipinski definition) is 0. The van der Waals surface area contributed by atoms with Gasteiger partial charge in [0.25, 0.3) is 0 Å². The van der Waals surface area contributed by atoms with Crippen molar-refractivity contribution in [1.29, 1.82) is 5.26 Å². The van der Waals surface area contributed by atoms with Crippen LogP contribution in [-0.2, 0) is 25.7 Å². The van der Waals surface area contributed by atoms with Crippen LogP contribution in [0, 0.1) is 68.0 Å². The average Bonchev–Trinajstić information content (AvgIpc) is 3.00. The monoisotopic (exact) mass is 599 g/mol. The number of fused-ring (bicyclic) bond motifs is 7. The summed E-state index contributed by atoms with van der Waals surface area (Å²) in [6, 6.07) is 12.1. The van der Waals surface area contributed by atoms with Crippen molar-refractivity contribution in [1.82, 2.24) is 0 Å². The zero-order valence-corrected chi connectivity index (χ0v) is 28.3. The topological polar surface area (TPSA) is 84.2 Å². The Labute approximate surface area is 265 Å². The van der Waals surface area contributed by atoms with Crippen LogP contribution >= 0.6 is 0 Å². The van der Waals surface area contributed by atoms with Crippen LogP contribution in [0.4, 0.5) is 0 Å². The van der Waals surface area contributed by atoms with Crippen molar-refractivity contribution in [3.63, 3.8) is 0 Å². The molecule has 0 aliphatic heterocycles. The lowest BCUT2D eigenvalue weighted by atomic mass is 9.35. The first-order chi connectivity index (χ1) is 20.7. The lowest BCUT2D eigenvalue weighted by Gasteiger charge is -2.67. The second-order valence-corrected chi connectivity index (χ2v) is 16.3. The molecule has 1 aromatic rings. The summed E-state index contributed by atoms with van der Waals surface area (Å²) in [5.41, 5.74) is -0.432. The first kappa shape index (κ1) is 32.6. The number of benzene rings is 1. The maximum atomic E-state index is 14.5. The average molecular weight is 600 g/mol. The second kappa shape index (κ2) is 11.3. The first-order valence-corrected chi connectivity index (χ1v) is 17.1. The van der Waals surface area contributed by atoms with E-state index in [1.54, 1.807) is 0 Å². The third kappa shape index (κ3) is 4.81. The van der Waals surface area contributed by atoms with Crippen molar-refractivity contribution in [2.75, 3.05) is 0 Å². The molecule has 0 bridgehead atoms. The van der Waals surface area contributed by atoms with E-state index in [-0.39, 0.29) is 70.1 Å². The summed E-state index contributed by atoms with van der Waals surface area (Å²) in [7, 11) is 0. The maximum absolute atomic E-state index is 14.5. The Morgan fingerprint density at radius 2 is 1.59 bits per heavy atom. The molecule has 8 unspecified atom stereocenters. The van der Waals surface area contributed by atoms with E-state index in [0.29, 0.717) is 6.42 Å². The largest absolute Gasteiger partial charge is 0.460 e. The van der Waals surface area contributed by atoms with E-state index in [9.17, 15) is 19.6 Å². The summed E-state index contributed by atoms with van der Waals surface area (Å²) in [4.78, 5) is 41.9. The Kier molecular flexibility index (Phi) is 8.35. The molecule has 0 heterocycles. The van der Waals surface area contributed by atoms with Crippen molar-refractivity contribution in [2.45, 2.75) is 113 Å². The van der Waals surface area contributed by atoms with Gasteiger partial charge >= 0.3 is 5.97 Å². The first-order valence-electron chi connectivity index (χ1n) is 17.1. The van der Waals surface area contributed by atoms with E-state index in [0.717, 1.165) is 50.5 Å². The number of allylic oxidation sites excluding steroid dienone is 2. The normalized spacial score (nSPS) is 39.9. The number of hydrogen-bond acceptors (Lipinski definition) is 5. The third-order valence-corrected chi connectivity index (χ3v) is 13.3. The minimum absolute atomic E-state index is 0.0198. The van der Waals surface area contributed by atoms with Gasteiger partial charge in [-0.25, -0.2) is 0 Å². The van der Waals surface area contributed by atoms with Gasteiger partial charge in [-0.1, -0.05) is 91.8 Å². The number of nitrogens with zero attached hydrogens (tertiary/aromatic N) is 1. The minimum Gasteiger partial charge on any atom is -0.460 e. The summed E-state index contributed by atoms with van der Waals surface area (Å²) < 4.78 is 6.07. The van der Waals surface area contributed by atoms with Crippen LogP contribution in [0.3, 0.4) is 0 Å². The quantitative estimate of drug-likeness (QED) is 0.325. The predicted molar refractivity (Wildman–Crippen MR) is 172 cm³/mol. The number of ketones is 2. The maximum Gasteiger partial charge on any atom is 0.312 e. The molecule has 6 rings (SSSR count). The van der Waals surface area contributed by atoms with Crippen LogP contribution in [0.25, 0.3) is 0 Å². The standard InChI is InChI=1S/C37H47NO4.C2H6/c1-33(2)16-17-37(32(41)42-22-23-10-8-7-9-11-23)15-12-25-30(26(37)20-33)27(39)18-29-35(25,5)14-13-28-34(3,4)31(40)24(21-38)19-36(28,29)6;1-2/h7-11,19,25-26,28-30H,12-18,20,22H2,1-6H3;1-2H3. The van der Waals surface area contributed by atoms with Gasteiger partial charge < -0.3 is 4.74 Å². The van der Waals surface area contributed by atoms with E-state index >= 15 is 0 Å². The summed E-state index contributed by atoms with van der Waals surface area (Å²) in [5.74, 6) is 0.301. The number of nitriles is 1. The molecular formula is C39H53NO4. The van der Waals surface area contributed by atoms with Crippen molar-refractivity contribution >= 4 is 17.5 Å². The molecule has 8 atom stereocenters. The molecule has 4 saturated carbocycles. The molecule has 44 heavy (non-hydrogen) atoms. The second-order valence-electron chi connectivity index (χ2n) is 16.3. The Morgan fingerprint density at radius 3 is 2.25 bits per heavy atom. The van der Waals surface area contributed by atoms with Gasteiger partial charge in [0.1, 0.15) is 18.5 Å². The van der Waals surface area contributed by atoms with Gasteiger partial charge in [-0.05, 0) is 90.4 Å². The molecule has 4 fully saturated rings. The molecule has 5 aliphatic carbocycles. The van der Waals surface area contributed by atoms with Gasteiger partial charge in [0.05, 0.1) is 11.0 Å². The van der Waals surface area contributed by atoms with Gasteiger partial charge in [-0.15, -0.1) is 0 Å². The van der Waals surface area contributed by atoms with Gasteiger partial charge in [-0.3, -0.25) is 14.4 Å². The molecule has 0 spiro atoms. The van der Waals surface area contributed by atoms with E-state index in [2.05, 4.69) is 33.8 Å². The number of Topliss-reactive ketones (excluding diaryl/α,β-unsaturated/α-hetero) is 2. The number of ether oxygens (including phenoxy) is 1. The molecule has 0 saturated heterocycles. The fraction of sp³-hybridized carbons (Fsp3) is 0.692. The zero-order valence-electron chi connectivity index (χ0n) is 28.3. The Morgan fingerprint density at radius 1 is 0.909 bits per heavy atom. The number of carbonyl (C=O) groups excluding carboxylic acids is 3. The molecule has 5 aliphatic rings.